The van der Waals surface area contributed by atoms with Gasteiger partial charge in [0, 0.05) is 0 Å². The molecule has 6 aromatic rings. The van der Waals surface area contributed by atoms with E-state index in [0.717, 1.165) is 33.4 Å². The Hall–Kier alpha value is -3.64. The molecule has 0 saturated carbocycles. The standard InChI is InChI=1S/C28H13N3S2Se/c1-30-21(15-29)26-19-6-3-2-5-17(19)18-9-8-16(13-20(18)26)24-14-23-28(33-24)27-22(10-11-32-27)31(23)25-7-4-12-34-25/h2-14H/b26-21-. The second-order valence-electron chi connectivity index (χ2n) is 8.00. The van der Waals surface area contributed by atoms with E-state index in [1.54, 1.807) is 11.3 Å². The van der Waals surface area contributed by atoms with Crippen molar-refractivity contribution in [3.63, 3.8) is 0 Å². The second-order valence-corrected chi connectivity index (χ2v) is 11.9. The van der Waals surface area contributed by atoms with Gasteiger partial charge in [0.2, 0.25) is 0 Å². The van der Waals surface area contributed by atoms with Crippen molar-refractivity contribution in [3.05, 3.63) is 105 Å². The number of rotatable bonds is 2. The third-order valence-corrected chi connectivity index (χ3v) is 10.3. The first-order valence-electron chi connectivity index (χ1n) is 10.6. The molecule has 34 heavy (non-hydrogen) atoms. The summed E-state index contributed by atoms with van der Waals surface area (Å²) in [5, 5.41) is 11.8. The van der Waals surface area contributed by atoms with Crippen molar-refractivity contribution in [1.29, 1.82) is 5.26 Å². The number of aromatic nitrogens is 1. The fourth-order valence-electron chi connectivity index (χ4n) is 4.88. The quantitative estimate of drug-likeness (QED) is 0.127. The van der Waals surface area contributed by atoms with Gasteiger partial charge >= 0.3 is 204 Å². The average Bonchev–Trinajstić information content (AvgIpc) is 3.67. The third kappa shape index (κ3) is 2.66. The predicted octanol–water partition coefficient (Wildman–Crippen LogP) is 7.81. The molecule has 3 nitrogen and oxygen atoms in total. The Morgan fingerprint density at radius 2 is 1.76 bits per heavy atom. The zero-order valence-corrected chi connectivity index (χ0v) is 20.9. The first-order chi connectivity index (χ1) is 16.8. The van der Waals surface area contributed by atoms with Gasteiger partial charge in [0.1, 0.15) is 0 Å². The fraction of sp³-hybridized carbons (Fsp3) is 0. The predicted molar refractivity (Wildman–Crippen MR) is 143 cm³/mol. The van der Waals surface area contributed by atoms with Gasteiger partial charge in [-0.15, -0.1) is 0 Å². The number of fused-ring (bicyclic) bond motifs is 6. The van der Waals surface area contributed by atoms with Gasteiger partial charge in [-0.3, -0.25) is 0 Å². The van der Waals surface area contributed by atoms with Crippen LogP contribution in [0.1, 0.15) is 11.1 Å². The number of benzene rings is 2. The number of allylic oxidation sites excluding steroid dienone is 1. The van der Waals surface area contributed by atoms with E-state index in [9.17, 15) is 5.26 Å². The number of nitriles is 1. The van der Waals surface area contributed by atoms with Gasteiger partial charge < -0.3 is 6.57 Å². The van der Waals surface area contributed by atoms with Gasteiger partial charge in [-0.1, -0.05) is 0 Å². The van der Waals surface area contributed by atoms with Crippen LogP contribution in [0.4, 0.5) is 0 Å². The second kappa shape index (κ2) is 7.43. The third-order valence-electron chi connectivity index (χ3n) is 6.29. The Balaban J connectivity index is 1.47. The summed E-state index contributed by atoms with van der Waals surface area (Å²) in [7, 11) is 0. The molecule has 7 rings (SSSR count). The Kier molecular flexibility index (Phi) is 4.33. The fourth-order valence-corrected chi connectivity index (χ4v) is 8.64. The van der Waals surface area contributed by atoms with Gasteiger partial charge in [0.25, 0.3) is 0 Å². The summed E-state index contributed by atoms with van der Waals surface area (Å²) in [5.74, 6) is 0. The first-order valence-corrected chi connectivity index (χ1v) is 14.1. The van der Waals surface area contributed by atoms with E-state index in [1.807, 2.05) is 29.5 Å². The molecule has 0 spiro atoms. The molecule has 0 bridgehead atoms. The molecule has 0 fully saturated rings. The minimum absolute atomic E-state index is 0.148. The van der Waals surface area contributed by atoms with Crippen LogP contribution in [-0.2, 0) is 0 Å². The maximum atomic E-state index is 9.68. The van der Waals surface area contributed by atoms with E-state index < -0.39 is 0 Å². The van der Waals surface area contributed by atoms with Crippen molar-refractivity contribution in [2.75, 3.05) is 0 Å². The summed E-state index contributed by atoms with van der Waals surface area (Å²) in [5.41, 5.74) is 8.68. The van der Waals surface area contributed by atoms with Crippen molar-refractivity contribution in [1.82, 2.24) is 4.57 Å². The molecule has 0 aliphatic heterocycles. The van der Waals surface area contributed by atoms with Gasteiger partial charge in [0.15, 0.2) is 0 Å². The SMILES string of the molecule is [C-]#[N+]/C(C#N)=C1/c2ccccc2-c2ccc(-c3cc4c(s3)c3sccc3n4-c3ccc[se]3)cc21. The molecule has 0 N–H and O–H groups in total. The topological polar surface area (TPSA) is 33.1 Å². The van der Waals surface area contributed by atoms with Gasteiger partial charge in [0.05, 0.1) is 0 Å². The van der Waals surface area contributed by atoms with E-state index in [0.29, 0.717) is 14.5 Å². The summed E-state index contributed by atoms with van der Waals surface area (Å²) in [6.45, 7) is 7.58. The van der Waals surface area contributed by atoms with Gasteiger partial charge in [-0.25, -0.2) is 0 Å². The summed E-state index contributed by atoms with van der Waals surface area (Å²) in [6.07, 6.45) is 0. The van der Waals surface area contributed by atoms with Crippen LogP contribution in [0.15, 0.2) is 82.7 Å². The first kappa shape index (κ1) is 19.8. The molecule has 158 valence electrons. The van der Waals surface area contributed by atoms with Gasteiger partial charge in [-0.2, -0.15) is 0 Å². The van der Waals surface area contributed by atoms with Crippen LogP contribution >= 0.6 is 22.7 Å². The molecular formula is C28H13N3S2Se. The van der Waals surface area contributed by atoms with E-state index in [-0.39, 0.29) is 5.70 Å². The molecule has 6 heteroatoms. The zero-order valence-electron chi connectivity index (χ0n) is 17.6. The summed E-state index contributed by atoms with van der Waals surface area (Å²) in [4.78, 5) is 7.02. The number of nitrogens with zero attached hydrogens (tertiary/aromatic N) is 3. The maximum absolute atomic E-state index is 9.68. The van der Waals surface area contributed by atoms with Crippen LogP contribution in [0.25, 0.3) is 57.0 Å². The Morgan fingerprint density at radius 1 is 0.912 bits per heavy atom. The van der Waals surface area contributed by atoms with Crippen LogP contribution in [-0.4, -0.2) is 19.1 Å². The van der Waals surface area contributed by atoms with Crippen molar-refractivity contribution in [2.24, 2.45) is 0 Å². The molecule has 0 radical (unpaired) electrons. The molecule has 4 heterocycles. The molecule has 0 atom stereocenters. The van der Waals surface area contributed by atoms with Crippen LogP contribution < -0.4 is 0 Å². The molecular weight excluding hydrogens is 521 g/mol. The summed E-state index contributed by atoms with van der Waals surface area (Å²) in [6, 6.07) is 25.6. The Morgan fingerprint density at radius 3 is 2.56 bits per heavy atom. The van der Waals surface area contributed by atoms with Crippen LogP contribution in [0.5, 0.6) is 0 Å². The molecule has 0 saturated heterocycles. The monoisotopic (exact) mass is 535 g/mol. The molecule has 1 aliphatic carbocycles. The van der Waals surface area contributed by atoms with Crippen molar-refractivity contribution in [2.45, 2.75) is 0 Å². The molecule has 4 aromatic heterocycles. The molecule has 0 unspecified atom stereocenters. The number of hydrogen-bond acceptors (Lipinski definition) is 3. The van der Waals surface area contributed by atoms with Crippen molar-refractivity contribution >= 4 is 63.2 Å². The molecule has 0 amide bonds. The van der Waals surface area contributed by atoms with Crippen LogP contribution in [0.3, 0.4) is 0 Å². The normalized spacial score (nSPS) is 13.6. The van der Waals surface area contributed by atoms with Gasteiger partial charge in [-0.05, 0) is 0 Å². The number of hydrogen-bond donors (Lipinski definition) is 0. The van der Waals surface area contributed by atoms with E-state index >= 15 is 0 Å². The van der Waals surface area contributed by atoms with Crippen molar-refractivity contribution in [3.8, 4) is 32.2 Å². The Labute approximate surface area is 209 Å². The van der Waals surface area contributed by atoms with E-state index in [1.165, 1.54) is 29.9 Å². The minimum atomic E-state index is 0.148. The average molecular weight is 535 g/mol. The van der Waals surface area contributed by atoms with Crippen molar-refractivity contribution < 1.29 is 0 Å². The zero-order chi connectivity index (χ0) is 22.8. The summed E-state index contributed by atoms with van der Waals surface area (Å²) < 4.78 is 6.44. The summed E-state index contributed by atoms with van der Waals surface area (Å²) >= 11 is 3.96. The Bertz CT molecular complexity index is 1870. The molecule has 2 aromatic carbocycles. The van der Waals surface area contributed by atoms with Crippen LogP contribution in [0, 0.1) is 17.9 Å². The van der Waals surface area contributed by atoms with E-state index in [2.05, 4.69) is 74.3 Å². The van der Waals surface area contributed by atoms with E-state index in [4.69, 9.17) is 6.57 Å². The number of thiophene rings is 2. The van der Waals surface area contributed by atoms with Crippen LogP contribution in [0.2, 0.25) is 0 Å². The molecule has 1 aliphatic rings.